The summed E-state index contributed by atoms with van der Waals surface area (Å²) in [5.41, 5.74) is 3.10. The summed E-state index contributed by atoms with van der Waals surface area (Å²) in [5.74, 6) is 3.31. The van der Waals surface area contributed by atoms with Gasteiger partial charge in [0.25, 0.3) is 5.89 Å². The summed E-state index contributed by atoms with van der Waals surface area (Å²) < 4.78 is 11.2. The Morgan fingerprint density at radius 2 is 1.86 bits per heavy atom. The van der Waals surface area contributed by atoms with Crippen molar-refractivity contribution in [3.8, 4) is 11.7 Å². The Kier molecular flexibility index (Phi) is 5.17. The molecule has 3 aromatic heterocycles. The van der Waals surface area contributed by atoms with Gasteiger partial charge in [0.15, 0.2) is 5.76 Å². The van der Waals surface area contributed by atoms with Crippen LogP contribution in [0.3, 0.4) is 0 Å². The molecule has 0 spiro atoms. The summed E-state index contributed by atoms with van der Waals surface area (Å²) in [6.07, 6.45) is 1.63. The number of anilines is 1. The first-order chi connectivity index (χ1) is 13.5. The Labute approximate surface area is 165 Å². The van der Waals surface area contributed by atoms with E-state index in [1.807, 2.05) is 26.0 Å². The minimum atomic E-state index is 0.403. The molecule has 0 N–H and O–H groups in total. The monoisotopic (exact) mass is 381 g/mol. The molecule has 7 heteroatoms. The zero-order chi connectivity index (χ0) is 19.7. The van der Waals surface area contributed by atoms with Gasteiger partial charge in [0, 0.05) is 44.1 Å². The van der Waals surface area contributed by atoms with Gasteiger partial charge in [0.1, 0.15) is 5.76 Å². The van der Waals surface area contributed by atoms with Gasteiger partial charge in [-0.2, -0.15) is 0 Å². The highest BCUT2D eigenvalue weighted by molar-refractivity contribution is 5.44. The van der Waals surface area contributed by atoms with E-state index >= 15 is 0 Å². The standard InChI is InChI=1S/C21H27N5O2/c1-14(2)17-12-15(3)22-21(24-17)26-9-7-25(8-10-26)13-18-16(4)28-20(23-18)19-6-5-11-27-19/h5-6,11-12,14H,7-10,13H2,1-4H3. The number of aryl methyl sites for hydroxylation is 2. The maximum Gasteiger partial charge on any atom is 0.263 e. The molecule has 0 aromatic carbocycles. The lowest BCUT2D eigenvalue weighted by atomic mass is 10.1. The maximum atomic E-state index is 5.78. The first-order valence-electron chi connectivity index (χ1n) is 9.82. The fourth-order valence-corrected chi connectivity index (χ4v) is 3.41. The van der Waals surface area contributed by atoms with Crippen molar-refractivity contribution in [2.45, 2.75) is 40.2 Å². The third-order valence-electron chi connectivity index (χ3n) is 5.11. The molecule has 28 heavy (non-hydrogen) atoms. The number of aromatic nitrogens is 3. The van der Waals surface area contributed by atoms with Gasteiger partial charge >= 0.3 is 0 Å². The van der Waals surface area contributed by atoms with Gasteiger partial charge in [-0.05, 0) is 38.0 Å². The van der Waals surface area contributed by atoms with Gasteiger partial charge in [0.05, 0.1) is 12.0 Å². The second kappa shape index (κ2) is 7.75. The SMILES string of the molecule is Cc1cc(C(C)C)nc(N2CCN(Cc3nc(-c4ccco4)oc3C)CC2)n1. The minimum Gasteiger partial charge on any atom is -0.459 e. The van der Waals surface area contributed by atoms with Gasteiger partial charge in [0.2, 0.25) is 5.95 Å². The van der Waals surface area contributed by atoms with E-state index in [-0.39, 0.29) is 0 Å². The van der Waals surface area contributed by atoms with Crippen molar-refractivity contribution in [3.05, 3.63) is 47.3 Å². The molecule has 1 saturated heterocycles. The van der Waals surface area contributed by atoms with E-state index < -0.39 is 0 Å². The molecule has 0 bridgehead atoms. The summed E-state index contributed by atoms with van der Waals surface area (Å²) in [5, 5.41) is 0. The average molecular weight is 381 g/mol. The second-order valence-corrected chi connectivity index (χ2v) is 7.65. The number of nitrogens with zero attached hydrogens (tertiary/aromatic N) is 5. The van der Waals surface area contributed by atoms with Crippen LogP contribution in [0.5, 0.6) is 0 Å². The topological polar surface area (TPSA) is 71.4 Å². The number of hydrogen-bond donors (Lipinski definition) is 0. The summed E-state index contributed by atoms with van der Waals surface area (Å²) >= 11 is 0. The van der Waals surface area contributed by atoms with Crippen molar-refractivity contribution in [1.29, 1.82) is 0 Å². The van der Waals surface area contributed by atoms with Crippen LogP contribution >= 0.6 is 0 Å². The van der Waals surface area contributed by atoms with E-state index in [0.717, 1.165) is 61.5 Å². The van der Waals surface area contributed by atoms with E-state index in [2.05, 4.69) is 39.7 Å². The maximum absolute atomic E-state index is 5.78. The number of furan rings is 1. The molecule has 0 unspecified atom stereocenters. The number of hydrogen-bond acceptors (Lipinski definition) is 7. The van der Waals surface area contributed by atoms with E-state index in [4.69, 9.17) is 13.8 Å². The molecule has 0 atom stereocenters. The first-order valence-corrected chi connectivity index (χ1v) is 9.82. The largest absolute Gasteiger partial charge is 0.459 e. The van der Waals surface area contributed by atoms with Crippen LogP contribution < -0.4 is 4.90 Å². The molecule has 1 aliphatic heterocycles. The highest BCUT2D eigenvalue weighted by atomic mass is 16.4. The fraction of sp³-hybridized carbons (Fsp3) is 0.476. The quantitative estimate of drug-likeness (QED) is 0.666. The zero-order valence-corrected chi connectivity index (χ0v) is 17.0. The molecule has 0 radical (unpaired) electrons. The molecule has 7 nitrogen and oxygen atoms in total. The zero-order valence-electron chi connectivity index (χ0n) is 17.0. The molecule has 148 valence electrons. The Morgan fingerprint density at radius 1 is 1.07 bits per heavy atom. The van der Waals surface area contributed by atoms with Crippen molar-refractivity contribution in [1.82, 2.24) is 19.9 Å². The van der Waals surface area contributed by atoms with E-state index in [1.54, 1.807) is 6.26 Å². The predicted octanol–water partition coefficient (Wildman–Crippen LogP) is 3.79. The van der Waals surface area contributed by atoms with Gasteiger partial charge < -0.3 is 13.7 Å². The van der Waals surface area contributed by atoms with Crippen molar-refractivity contribution in [2.24, 2.45) is 0 Å². The van der Waals surface area contributed by atoms with Crippen LogP contribution in [0, 0.1) is 13.8 Å². The normalized spacial score (nSPS) is 15.5. The molecule has 0 amide bonds. The number of oxazole rings is 1. The van der Waals surface area contributed by atoms with Crippen molar-refractivity contribution in [2.75, 3.05) is 31.1 Å². The second-order valence-electron chi connectivity index (χ2n) is 7.65. The van der Waals surface area contributed by atoms with Gasteiger partial charge in [-0.1, -0.05) is 13.8 Å². The summed E-state index contributed by atoms with van der Waals surface area (Å²) in [6, 6.07) is 5.78. The van der Waals surface area contributed by atoms with Gasteiger partial charge in [-0.3, -0.25) is 4.90 Å². The third-order valence-corrected chi connectivity index (χ3v) is 5.11. The molecule has 1 aliphatic rings. The molecule has 3 aromatic rings. The molecular formula is C21H27N5O2. The Hall–Kier alpha value is -2.67. The minimum absolute atomic E-state index is 0.403. The van der Waals surface area contributed by atoms with Crippen LogP contribution in [0.25, 0.3) is 11.7 Å². The van der Waals surface area contributed by atoms with Crippen molar-refractivity contribution in [3.63, 3.8) is 0 Å². The van der Waals surface area contributed by atoms with Gasteiger partial charge in [-0.25, -0.2) is 15.0 Å². The van der Waals surface area contributed by atoms with Crippen LogP contribution in [-0.4, -0.2) is 46.0 Å². The molecular weight excluding hydrogens is 354 g/mol. The molecule has 0 saturated carbocycles. The Balaban J connectivity index is 1.40. The molecule has 4 heterocycles. The lowest BCUT2D eigenvalue weighted by molar-refractivity contribution is 0.245. The summed E-state index contributed by atoms with van der Waals surface area (Å²) in [7, 11) is 0. The van der Waals surface area contributed by atoms with E-state index in [1.165, 1.54) is 0 Å². The molecule has 4 rings (SSSR count). The highest BCUT2D eigenvalue weighted by Crippen LogP contribution is 2.24. The van der Waals surface area contributed by atoms with E-state index in [9.17, 15) is 0 Å². The lowest BCUT2D eigenvalue weighted by Gasteiger charge is -2.34. The number of piperazine rings is 1. The van der Waals surface area contributed by atoms with Gasteiger partial charge in [-0.15, -0.1) is 0 Å². The third kappa shape index (κ3) is 3.94. The van der Waals surface area contributed by atoms with Crippen LogP contribution in [0.1, 0.15) is 42.6 Å². The van der Waals surface area contributed by atoms with Crippen LogP contribution in [0.15, 0.2) is 33.3 Å². The average Bonchev–Trinajstić information content (AvgIpc) is 3.32. The van der Waals surface area contributed by atoms with E-state index in [0.29, 0.717) is 17.6 Å². The smallest absolute Gasteiger partial charge is 0.263 e. The predicted molar refractivity (Wildman–Crippen MR) is 107 cm³/mol. The summed E-state index contributed by atoms with van der Waals surface area (Å²) in [4.78, 5) is 18.7. The lowest BCUT2D eigenvalue weighted by Crippen LogP contribution is -2.46. The molecule has 0 aliphatic carbocycles. The summed E-state index contributed by atoms with van der Waals surface area (Å²) in [6.45, 7) is 12.8. The van der Waals surface area contributed by atoms with Crippen molar-refractivity contribution < 1.29 is 8.83 Å². The van der Waals surface area contributed by atoms with Crippen LogP contribution in [0.2, 0.25) is 0 Å². The van der Waals surface area contributed by atoms with Crippen LogP contribution in [-0.2, 0) is 6.54 Å². The van der Waals surface area contributed by atoms with Crippen LogP contribution in [0.4, 0.5) is 5.95 Å². The number of rotatable bonds is 5. The Morgan fingerprint density at radius 3 is 2.54 bits per heavy atom. The highest BCUT2D eigenvalue weighted by Gasteiger charge is 2.22. The molecule has 1 fully saturated rings. The fourth-order valence-electron chi connectivity index (χ4n) is 3.41. The first kappa shape index (κ1) is 18.7. The Bertz CT molecular complexity index is 924. The van der Waals surface area contributed by atoms with Crippen molar-refractivity contribution >= 4 is 5.95 Å².